The molecule has 1 fully saturated rings. The Bertz CT molecular complexity index is 296. The van der Waals surface area contributed by atoms with Gasteiger partial charge in [-0.3, -0.25) is 0 Å². The van der Waals surface area contributed by atoms with Gasteiger partial charge in [0.25, 0.3) is 0 Å². The van der Waals surface area contributed by atoms with Crippen LogP contribution in [0.3, 0.4) is 0 Å². The molecule has 4 nitrogen and oxygen atoms in total. The summed E-state index contributed by atoms with van der Waals surface area (Å²) in [6, 6.07) is 0.295. The van der Waals surface area contributed by atoms with Gasteiger partial charge >= 0.3 is 0 Å². The smallest absolute Gasteiger partial charge is 0.243 e. The van der Waals surface area contributed by atoms with E-state index in [1.165, 1.54) is 0 Å². The van der Waals surface area contributed by atoms with Crippen LogP contribution in [0.25, 0.3) is 0 Å². The molecule has 0 bridgehead atoms. The Morgan fingerprint density at radius 1 is 1.46 bits per heavy atom. The topological polar surface area (TPSA) is 51.0 Å². The molecule has 1 N–H and O–H groups in total. The van der Waals surface area contributed by atoms with Crippen molar-refractivity contribution in [1.29, 1.82) is 0 Å². The predicted molar refractivity (Wildman–Crippen MR) is 48.4 cm³/mol. The maximum absolute atomic E-state index is 5.17. The number of nitrogens with one attached hydrogen (secondary N) is 1. The number of nitrogens with zero attached hydrogens (tertiary/aromatic N) is 2. The van der Waals surface area contributed by atoms with Crippen molar-refractivity contribution in [2.75, 3.05) is 6.54 Å². The van der Waals surface area contributed by atoms with Crippen molar-refractivity contribution in [3.8, 4) is 0 Å². The summed E-state index contributed by atoms with van der Waals surface area (Å²) in [5.41, 5.74) is -0.0223. The zero-order chi connectivity index (χ0) is 9.47. The van der Waals surface area contributed by atoms with Gasteiger partial charge in [0.05, 0.1) is 6.04 Å². The summed E-state index contributed by atoms with van der Waals surface area (Å²) >= 11 is 0. The van der Waals surface area contributed by atoms with Crippen LogP contribution < -0.4 is 5.32 Å². The molecular formula is C9H15N3O. The number of rotatable bonds is 1. The summed E-state index contributed by atoms with van der Waals surface area (Å²) in [6.45, 7) is 7.29. The number of hydrogen-bond acceptors (Lipinski definition) is 4. The molecule has 1 atom stereocenters. The van der Waals surface area contributed by atoms with Crippen molar-refractivity contribution in [2.45, 2.75) is 38.6 Å². The summed E-state index contributed by atoms with van der Waals surface area (Å²) in [4.78, 5) is 4.36. The van der Waals surface area contributed by atoms with Crippen LogP contribution in [0.15, 0.2) is 4.52 Å². The molecule has 2 rings (SSSR count). The molecule has 13 heavy (non-hydrogen) atoms. The fourth-order valence-electron chi connectivity index (χ4n) is 1.18. The fourth-order valence-corrected chi connectivity index (χ4v) is 1.18. The normalized spacial score (nSPS) is 22.8. The average molecular weight is 181 g/mol. The zero-order valence-electron chi connectivity index (χ0n) is 8.29. The highest BCUT2D eigenvalue weighted by molar-refractivity contribution is 5.03. The van der Waals surface area contributed by atoms with E-state index in [9.17, 15) is 0 Å². The second-order valence-electron chi connectivity index (χ2n) is 4.50. The zero-order valence-corrected chi connectivity index (χ0v) is 8.29. The Morgan fingerprint density at radius 2 is 2.15 bits per heavy atom. The molecule has 0 spiro atoms. The molecule has 1 aliphatic rings. The van der Waals surface area contributed by atoms with E-state index in [4.69, 9.17) is 4.52 Å². The minimum Gasteiger partial charge on any atom is -0.338 e. The lowest BCUT2D eigenvalue weighted by Crippen LogP contribution is -2.35. The summed E-state index contributed by atoms with van der Waals surface area (Å²) in [7, 11) is 0. The molecule has 1 unspecified atom stereocenters. The van der Waals surface area contributed by atoms with Gasteiger partial charge in [0.15, 0.2) is 5.82 Å². The molecule has 0 saturated carbocycles. The van der Waals surface area contributed by atoms with Crippen LogP contribution in [0.5, 0.6) is 0 Å². The van der Waals surface area contributed by atoms with Crippen LogP contribution in [0.2, 0.25) is 0 Å². The van der Waals surface area contributed by atoms with Gasteiger partial charge in [-0.15, -0.1) is 0 Å². The first-order valence-corrected chi connectivity index (χ1v) is 4.65. The number of hydrogen-bond donors (Lipinski definition) is 1. The van der Waals surface area contributed by atoms with Crippen LogP contribution in [-0.2, 0) is 5.41 Å². The molecule has 0 aromatic carbocycles. The minimum absolute atomic E-state index is 0.0223. The summed E-state index contributed by atoms with van der Waals surface area (Å²) in [6.07, 6.45) is 1.10. The summed E-state index contributed by atoms with van der Waals surface area (Å²) in [5, 5.41) is 7.19. The standard InChI is InChI=1S/C9H15N3O/c1-9(2,3)8-11-7(13-12-8)6-4-5-10-6/h6,10H,4-5H2,1-3H3. The third-order valence-corrected chi connectivity index (χ3v) is 2.23. The Kier molecular flexibility index (Phi) is 1.87. The first kappa shape index (κ1) is 8.69. The Labute approximate surface area is 77.7 Å². The fraction of sp³-hybridized carbons (Fsp3) is 0.778. The highest BCUT2D eigenvalue weighted by Crippen LogP contribution is 2.24. The average Bonchev–Trinajstić information content (AvgIpc) is 2.29. The first-order chi connectivity index (χ1) is 6.07. The molecule has 0 amide bonds. The highest BCUT2D eigenvalue weighted by Gasteiger charge is 2.27. The van der Waals surface area contributed by atoms with Gasteiger partial charge in [0.2, 0.25) is 5.89 Å². The third-order valence-electron chi connectivity index (χ3n) is 2.23. The first-order valence-electron chi connectivity index (χ1n) is 4.65. The third kappa shape index (κ3) is 1.58. The monoisotopic (exact) mass is 181 g/mol. The van der Waals surface area contributed by atoms with Gasteiger partial charge in [-0.2, -0.15) is 4.98 Å². The second-order valence-corrected chi connectivity index (χ2v) is 4.50. The van der Waals surface area contributed by atoms with Crippen LogP contribution in [0.1, 0.15) is 44.9 Å². The van der Waals surface area contributed by atoms with E-state index in [-0.39, 0.29) is 5.41 Å². The molecule has 1 saturated heterocycles. The van der Waals surface area contributed by atoms with Crippen LogP contribution >= 0.6 is 0 Å². The Hall–Kier alpha value is -0.900. The van der Waals surface area contributed by atoms with E-state index >= 15 is 0 Å². The summed E-state index contributed by atoms with van der Waals surface area (Å²) < 4.78 is 5.17. The molecule has 1 aromatic heterocycles. The van der Waals surface area contributed by atoms with Crippen molar-refractivity contribution < 1.29 is 4.52 Å². The van der Waals surface area contributed by atoms with E-state index < -0.39 is 0 Å². The van der Waals surface area contributed by atoms with Crippen molar-refractivity contribution in [3.05, 3.63) is 11.7 Å². The maximum Gasteiger partial charge on any atom is 0.243 e. The van der Waals surface area contributed by atoms with E-state index in [0.29, 0.717) is 6.04 Å². The lowest BCUT2D eigenvalue weighted by molar-refractivity contribution is 0.271. The number of aromatic nitrogens is 2. The van der Waals surface area contributed by atoms with Crippen LogP contribution in [-0.4, -0.2) is 16.7 Å². The summed E-state index contributed by atoms with van der Waals surface area (Å²) in [5.74, 6) is 1.52. The highest BCUT2D eigenvalue weighted by atomic mass is 16.5. The molecule has 1 aliphatic heterocycles. The Morgan fingerprint density at radius 3 is 2.54 bits per heavy atom. The van der Waals surface area contributed by atoms with Crippen molar-refractivity contribution in [3.63, 3.8) is 0 Å². The predicted octanol–water partition coefficient (Wildman–Crippen LogP) is 1.40. The molecular weight excluding hydrogens is 166 g/mol. The molecule has 72 valence electrons. The minimum atomic E-state index is -0.0223. The van der Waals surface area contributed by atoms with Gasteiger partial charge < -0.3 is 9.84 Å². The van der Waals surface area contributed by atoms with Crippen LogP contribution in [0.4, 0.5) is 0 Å². The van der Waals surface area contributed by atoms with Gasteiger partial charge in [-0.1, -0.05) is 25.9 Å². The SMILES string of the molecule is CC(C)(C)c1noc(C2CCN2)n1. The Balaban J connectivity index is 2.17. The van der Waals surface area contributed by atoms with Crippen LogP contribution in [0, 0.1) is 0 Å². The van der Waals surface area contributed by atoms with Gasteiger partial charge in [0.1, 0.15) is 0 Å². The van der Waals surface area contributed by atoms with Gasteiger partial charge in [-0.25, -0.2) is 0 Å². The van der Waals surface area contributed by atoms with Crippen molar-refractivity contribution >= 4 is 0 Å². The van der Waals surface area contributed by atoms with E-state index in [1.807, 2.05) is 0 Å². The largest absolute Gasteiger partial charge is 0.338 e. The quantitative estimate of drug-likeness (QED) is 0.711. The van der Waals surface area contributed by atoms with Gasteiger partial charge in [0, 0.05) is 5.41 Å². The second kappa shape index (κ2) is 2.80. The molecule has 1 aromatic rings. The van der Waals surface area contributed by atoms with E-state index in [1.54, 1.807) is 0 Å². The van der Waals surface area contributed by atoms with Crippen molar-refractivity contribution in [2.24, 2.45) is 0 Å². The van der Waals surface area contributed by atoms with Gasteiger partial charge in [-0.05, 0) is 13.0 Å². The molecule has 2 heterocycles. The van der Waals surface area contributed by atoms with Crippen molar-refractivity contribution in [1.82, 2.24) is 15.5 Å². The van der Waals surface area contributed by atoms with E-state index in [0.717, 1.165) is 24.7 Å². The lowest BCUT2D eigenvalue weighted by Gasteiger charge is -2.23. The molecule has 0 aliphatic carbocycles. The molecule has 4 heteroatoms. The lowest BCUT2D eigenvalue weighted by atomic mass is 9.96. The molecule has 0 radical (unpaired) electrons. The maximum atomic E-state index is 5.17. The van der Waals surface area contributed by atoms with E-state index in [2.05, 4.69) is 36.2 Å².